The van der Waals surface area contributed by atoms with E-state index in [0.717, 1.165) is 57.1 Å². The van der Waals surface area contributed by atoms with Gasteiger partial charge in [-0.3, -0.25) is 0 Å². The van der Waals surface area contributed by atoms with Gasteiger partial charge in [0.15, 0.2) is 11.6 Å². The Morgan fingerprint density at radius 2 is 1.59 bits per heavy atom. The minimum atomic E-state index is -3.24. The topological polar surface area (TPSA) is 9.23 Å². The van der Waals surface area contributed by atoms with Crippen LogP contribution >= 0.6 is 0 Å². The Bertz CT molecular complexity index is 1000. The summed E-state index contributed by atoms with van der Waals surface area (Å²) in [6.45, 7) is 3.79. The van der Waals surface area contributed by atoms with Gasteiger partial charge in [-0.05, 0) is 105 Å². The van der Waals surface area contributed by atoms with Crippen LogP contribution in [-0.2, 0) is 0 Å². The van der Waals surface area contributed by atoms with E-state index in [0.29, 0.717) is 35.8 Å². The van der Waals surface area contributed by atoms with Gasteiger partial charge in [0.1, 0.15) is 5.75 Å². The van der Waals surface area contributed by atoms with Gasteiger partial charge in [0.25, 0.3) is 0 Å². The molecule has 1 nitrogen and oxygen atoms in total. The van der Waals surface area contributed by atoms with Crippen LogP contribution in [0.15, 0.2) is 66.8 Å². The summed E-state index contributed by atoms with van der Waals surface area (Å²) in [6, 6.07) is 9.64. The van der Waals surface area contributed by atoms with Crippen molar-refractivity contribution in [2.75, 3.05) is 0 Å². The lowest BCUT2D eigenvalue weighted by atomic mass is 9.71. The van der Waals surface area contributed by atoms with Crippen molar-refractivity contribution in [1.82, 2.24) is 0 Å². The van der Waals surface area contributed by atoms with Gasteiger partial charge in [0, 0.05) is 0 Å². The summed E-state index contributed by atoms with van der Waals surface area (Å²) in [5, 5.41) is 0. The van der Waals surface area contributed by atoms with E-state index in [9.17, 15) is 17.6 Å². The lowest BCUT2D eigenvalue weighted by Crippen LogP contribution is -2.38. The molecule has 4 rings (SSSR count). The molecule has 1 fully saturated rings. The third kappa shape index (κ3) is 5.92. The van der Waals surface area contributed by atoms with Gasteiger partial charge in [-0.1, -0.05) is 35.9 Å². The van der Waals surface area contributed by atoms with E-state index in [1.165, 1.54) is 23.8 Å². The molecule has 34 heavy (non-hydrogen) atoms. The molecule has 0 spiro atoms. The molecule has 0 aliphatic heterocycles. The van der Waals surface area contributed by atoms with Gasteiger partial charge in [0.2, 0.25) is 0 Å². The number of hydrogen-bond acceptors (Lipinski definition) is 1. The van der Waals surface area contributed by atoms with E-state index >= 15 is 0 Å². The second-order valence-corrected chi connectivity index (χ2v) is 9.65. The second kappa shape index (κ2) is 10.8. The number of allylic oxidation sites excluding steroid dienone is 3. The van der Waals surface area contributed by atoms with Crippen molar-refractivity contribution >= 4 is 0 Å². The Morgan fingerprint density at radius 1 is 0.882 bits per heavy atom. The van der Waals surface area contributed by atoms with Crippen molar-refractivity contribution < 1.29 is 22.3 Å². The highest BCUT2D eigenvalue weighted by Gasteiger charge is 2.44. The zero-order valence-electron chi connectivity index (χ0n) is 19.4. The first-order chi connectivity index (χ1) is 16.4. The first kappa shape index (κ1) is 24.6. The summed E-state index contributed by atoms with van der Waals surface area (Å²) in [7, 11) is 0. The summed E-state index contributed by atoms with van der Waals surface area (Å²) < 4.78 is 61.6. The molecule has 1 unspecified atom stereocenters. The molecule has 0 N–H and O–H groups in total. The second-order valence-electron chi connectivity index (χ2n) is 9.65. The summed E-state index contributed by atoms with van der Waals surface area (Å²) in [5.41, 5.74) is 2.59. The zero-order valence-corrected chi connectivity index (χ0v) is 19.4. The number of alkyl halides is 2. The molecule has 2 aromatic carbocycles. The third-order valence-corrected chi connectivity index (χ3v) is 7.49. The number of benzene rings is 2. The monoisotopic (exact) mass is 472 g/mol. The van der Waals surface area contributed by atoms with Crippen LogP contribution in [0.1, 0.15) is 57.8 Å². The lowest BCUT2D eigenvalue weighted by Gasteiger charge is -2.37. The molecule has 5 heteroatoms. The summed E-state index contributed by atoms with van der Waals surface area (Å²) in [6.07, 6.45) is 9.12. The molecule has 0 amide bonds. The average molecular weight is 473 g/mol. The predicted molar refractivity (Wildman–Crippen MR) is 128 cm³/mol. The van der Waals surface area contributed by atoms with Crippen molar-refractivity contribution in [2.45, 2.75) is 63.9 Å². The maximum absolute atomic E-state index is 14.9. The standard InChI is InChI=1S/C29H32F4O/c1-2-3-4-20-5-7-21(8-6-20)22-9-14-25(15-10-22)29(32,33)34-26-16-11-23(12-17-26)24-13-18-27(30)28(31)19-24/h2,5,11-13,16-19,21-22,25H,1,3-4,6-10,14-15H2. The van der Waals surface area contributed by atoms with Crippen molar-refractivity contribution in [3.63, 3.8) is 0 Å². The molecule has 0 radical (unpaired) electrons. The third-order valence-electron chi connectivity index (χ3n) is 7.49. The van der Waals surface area contributed by atoms with Crippen LogP contribution in [-0.4, -0.2) is 6.11 Å². The van der Waals surface area contributed by atoms with Crippen molar-refractivity contribution in [3.05, 3.63) is 78.4 Å². The Morgan fingerprint density at radius 3 is 2.21 bits per heavy atom. The smallest absolute Gasteiger partial charge is 0.400 e. The van der Waals surface area contributed by atoms with Gasteiger partial charge in [-0.25, -0.2) is 8.78 Å². The molecule has 0 bridgehead atoms. The minimum absolute atomic E-state index is 0.0722. The quantitative estimate of drug-likeness (QED) is 0.275. The normalized spacial score (nSPS) is 23.3. The van der Waals surface area contributed by atoms with E-state index in [2.05, 4.69) is 12.7 Å². The van der Waals surface area contributed by atoms with Crippen LogP contribution in [0.3, 0.4) is 0 Å². The maximum Gasteiger partial charge on any atom is 0.400 e. The van der Waals surface area contributed by atoms with E-state index in [4.69, 9.17) is 4.74 Å². The van der Waals surface area contributed by atoms with Gasteiger partial charge < -0.3 is 4.74 Å². The molecule has 0 aromatic heterocycles. The lowest BCUT2D eigenvalue weighted by molar-refractivity contribution is -0.224. The largest absolute Gasteiger partial charge is 0.432 e. The molecule has 2 aromatic rings. The Kier molecular flexibility index (Phi) is 7.80. The Balaban J connectivity index is 1.30. The van der Waals surface area contributed by atoms with Crippen molar-refractivity contribution in [1.29, 1.82) is 0 Å². The molecular formula is C29H32F4O. The van der Waals surface area contributed by atoms with Crippen molar-refractivity contribution in [2.24, 2.45) is 17.8 Å². The van der Waals surface area contributed by atoms with Gasteiger partial charge >= 0.3 is 6.11 Å². The van der Waals surface area contributed by atoms with Crippen LogP contribution in [0, 0.1) is 29.4 Å². The van der Waals surface area contributed by atoms with Gasteiger partial charge in [-0.2, -0.15) is 8.78 Å². The molecule has 2 aliphatic carbocycles. The van der Waals surface area contributed by atoms with E-state index in [1.807, 2.05) is 6.08 Å². The fraction of sp³-hybridized carbons (Fsp3) is 0.448. The molecule has 1 atom stereocenters. The first-order valence-corrected chi connectivity index (χ1v) is 12.3. The van der Waals surface area contributed by atoms with Crippen LogP contribution in [0.5, 0.6) is 5.75 Å². The van der Waals surface area contributed by atoms with Crippen LogP contribution in [0.25, 0.3) is 11.1 Å². The molecule has 0 heterocycles. The molecule has 182 valence electrons. The van der Waals surface area contributed by atoms with Crippen LogP contribution in [0.2, 0.25) is 0 Å². The van der Waals surface area contributed by atoms with E-state index < -0.39 is 23.7 Å². The highest BCUT2D eigenvalue weighted by Crippen LogP contribution is 2.45. The fourth-order valence-corrected chi connectivity index (χ4v) is 5.41. The highest BCUT2D eigenvalue weighted by atomic mass is 19.3. The van der Waals surface area contributed by atoms with Gasteiger partial charge in [0.05, 0.1) is 5.92 Å². The molecule has 2 aliphatic rings. The highest BCUT2D eigenvalue weighted by molar-refractivity contribution is 5.64. The zero-order chi connectivity index (χ0) is 24.1. The number of ether oxygens (including phenoxy) is 1. The minimum Gasteiger partial charge on any atom is -0.432 e. The Labute approximate surface area is 199 Å². The molecular weight excluding hydrogens is 440 g/mol. The van der Waals surface area contributed by atoms with E-state index in [1.54, 1.807) is 12.1 Å². The van der Waals surface area contributed by atoms with Crippen LogP contribution in [0.4, 0.5) is 17.6 Å². The number of rotatable bonds is 8. The SMILES string of the molecule is C=CCCC1=CCC(C2CCC(C(F)(F)Oc3ccc(-c4ccc(F)c(F)c4)cc3)CC2)CC1. The molecule has 0 saturated heterocycles. The fourth-order valence-electron chi connectivity index (χ4n) is 5.41. The summed E-state index contributed by atoms with van der Waals surface area (Å²) in [4.78, 5) is 0. The number of hydrogen-bond donors (Lipinski definition) is 0. The van der Waals surface area contributed by atoms with Crippen LogP contribution < -0.4 is 4.74 Å². The van der Waals surface area contributed by atoms with Crippen molar-refractivity contribution in [3.8, 4) is 16.9 Å². The summed E-state index contributed by atoms with van der Waals surface area (Å²) in [5.74, 6) is -1.48. The Hall–Kier alpha value is -2.56. The first-order valence-electron chi connectivity index (χ1n) is 12.3. The van der Waals surface area contributed by atoms with E-state index in [-0.39, 0.29) is 5.75 Å². The predicted octanol–water partition coefficient (Wildman–Crippen LogP) is 9.10. The molecule has 1 saturated carbocycles. The summed E-state index contributed by atoms with van der Waals surface area (Å²) >= 11 is 0. The average Bonchev–Trinajstić information content (AvgIpc) is 2.85. The van der Waals surface area contributed by atoms with Gasteiger partial charge in [-0.15, -0.1) is 6.58 Å². The number of halogens is 4. The maximum atomic E-state index is 14.9.